The van der Waals surface area contributed by atoms with Gasteiger partial charge in [0.1, 0.15) is 0 Å². The Balaban J connectivity index is 2.85. The summed E-state index contributed by atoms with van der Waals surface area (Å²) in [4.78, 5) is 10.4. The highest BCUT2D eigenvalue weighted by Crippen LogP contribution is 2.16. The van der Waals surface area contributed by atoms with Crippen LogP contribution in [0.5, 0.6) is 0 Å². The third-order valence-corrected chi connectivity index (χ3v) is 4.20. The fourth-order valence-corrected chi connectivity index (χ4v) is 2.81. The van der Waals surface area contributed by atoms with Gasteiger partial charge < -0.3 is 10.2 Å². The lowest BCUT2D eigenvalue weighted by atomic mass is 10.2. The molecule has 0 aliphatic heterocycles. The first-order chi connectivity index (χ1) is 9.27. The number of hydrogen-bond donors (Lipinski definition) is 3. The van der Waals surface area contributed by atoms with Gasteiger partial charge in [-0.25, -0.2) is 17.9 Å². The second-order valence-corrected chi connectivity index (χ2v) is 5.87. The van der Waals surface area contributed by atoms with E-state index in [1.54, 1.807) is 6.92 Å². The predicted octanol–water partition coefficient (Wildman–Crippen LogP) is -0.0194. The molecule has 108 valence electrons. The van der Waals surface area contributed by atoms with Gasteiger partial charge in [0.25, 0.3) is 0 Å². The minimum absolute atomic E-state index is 0.0404. The quantitative estimate of drug-likeness (QED) is 0.677. The molecule has 0 fully saturated rings. The van der Waals surface area contributed by atoms with Gasteiger partial charge >= 0.3 is 5.97 Å². The largest absolute Gasteiger partial charge is 0.479 e. The SMILES string of the molecule is Cc1ccc(C#N)cc1S(=O)(=O)NCCC(O)C(=O)O. The molecule has 3 N–H and O–H groups in total. The molecule has 8 heteroatoms. The van der Waals surface area contributed by atoms with E-state index in [1.165, 1.54) is 18.2 Å². The Labute approximate surface area is 116 Å². The minimum atomic E-state index is -3.85. The number of benzene rings is 1. The van der Waals surface area contributed by atoms with E-state index in [0.717, 1.165) is 0 Å². The third-order valence-electron chi connectivity index (χ3n) is 2.60. The number of aryl methyl sites for hydroxylation is 1. The van der Waals surface area contributed by atoms with Gasteiger partial charge in [0, 0.05) is 6.54 Å². The molecular formula is C12H14N2O5S. The number of carboxylic acids is 1. The van der Waals surface area contributed by atoms with Gasteiger partial charge in [-0.15, -0.1) is 0 Å². The molecule has 20 heavy (non-hydrogen) atoms. The molecule has 0 aromatic heterocycles. The molecule has 0 saturated carbocycles. The summed E-state index contributed by atoms with van der Waals surface area (Å²) in [6, 6.07) is 6.10. The van der Waals surface area contributed by atoms with Crippen LogP contribution in [0.15, 0.2) is 23.1 Å². The van der Waals surface area contributed by atoms with Gasteiger partial charge in [0.2, 0.25) is 10.0 Å². The summed E-state index contributed by atoms with van der Waals surface area (Å²) in [5, 5.41) is 26.3. The Kier molecular flexibility index (Phi) is 5.21. The molecule has 0 aliphatic rings. The number of hydrogen-bond acceptors (Lipinski definition) is 5. The van der Waals surface area contributed by atoms with Gasteiger partial charge in [0.15, 0.2) is 6.10 Å². The summed E-state index contributed by atoms with van der Waals surface area (Å²) in [5.41, 5.74) is 0.678. The van der Waals surface area contributed by atoms with Gasteiger partial charge in [-0.05, 0) is 31.0 Å². The molecule has 0 heterocycles. The minimum Gasteiger partial charge on any atom is -0.479 e. The first-order valence-electron chi connectivity index (χ1n) is 5.69. The molecule has 0 bridgehead atoms. The normalized spacial score (nSPS) is 12.7. The lowest BCUT2D eigenvalue weighted by molar-refractivity contribution is -0.146. The smallest absolute Gasteiger partial charge is 0.332 e. The average Bonchev–Trinajstić information content (AvgIpc) is 2.38. The van der Waals surface area contributed by atoms with Crippen LogP contribution in [0.25, 0.3) is 0 Å². The van der Waals surface area contributed by atoms with Crippen LogP contribution in [0, 0.1) is 18.3 Å². The van der Waals surface area contributed by atoms with Crippen LogP contribution < -0.4 is 4.72 Å². The summed E-state index contributed by atoms with van der Waals surface area (Å²) < 4.78 is 26.2. The zero-order valence-corrected chi connectivity index (χ0v) is 11.5. The number of sulfonamides is 1. The van der Waals surface area contributed by atoms with Gasteiger partial charge in [-0.1, -0.05) is 6.07 Å². The molecule has 1 atom stereocenters. The Morgan fingerprint density at radius 2 is 2.15 bits per heavy atom. The van der Waals surface area contributed by atoms with Crippen LogP contribution in [-0.4, -0.2) is 37.2 Å². The van der Waals surface area contributed by atoms with Crippen molar-refractivity contribution < 1.29 is 23.4 Å². The van der Waals surface area contributed by atoms with Crippen molar-refractivity contribution in [2.24, 2.45) is 0 Å². The zero-order valence-electron chi connectivity index (χ0n) is 10.7. The van der Waals surface area contributed by atoms with E-state index >= 15 is 0 Å². The van der Waals surface area contributed by atoms with Gasteiger partial charge in [0.05, 0.1) is 16.5 Å². The number of carbonyl (C=O) groups is 1. The molecule has 0 radical (unpaired) electrons. The zero-order chi connectivity index (χ0) is 15.3. The van der Waals surface area contributed by atoms with E-state index in [0.29, 0.717) is 5.56 Å². The number of aliphatic carboxylic acids is 1. The van der Waals surface area contributed by atoms with E-state index < -0.39 is 22.1 Å². The van der Waals surface area contributed by atoms with Crippen molar-refractivity contribution in [1.29, 1.82) is 5.26 Å². The van der Waals surface area contributed by atoms with Crippen LogP contribution in [0.2, 0.25) is 0 Å². The second-order valence-electron chi connectivity index (χ2n) is 4.13. The summed E-state index contributed by atoms with van der Waals surface area (Å²) in [7, 11) is -3.85. The Morgan fingerprint density at radius 1 is 1.50 bits per heavy atom. The maximum absolute atomic E-state index is 12.0. The predicted molar refractivity (Wildman–Crippen MR) is 69.3 cm³/mol. The molecule has 1 rings (SSSR count). The highest BCUT2D eigenvalue weighted by atomic mass is 32.2. The van der Waals surface area contributed by atoms with Crippen molar-refractivity contribution in [3.8, 4) is 6.07 Å². The van der Waals surface area contributed by atoms with Crippen molar-refractivity contribution >= 4 is 16.0 Å². The Bertz CT molecular complexity index is 648. The Morgan fingerprint density at radius 3 is 2.70 bits per heavy atom. The van der Waals surface area contributed by atoms with Crippen molar-refractivity contribution in [3.05, 3.63) is 29.3 Å². The van der Waals surface area contributed by atoms with Crippen molar-refractivity contribution in [2.45, 2.75) is 24.3 Å². The first-order valence-corrected chi connectivity index (χ1v) is 7.17. The highest BCUT2D eigenvalue weighted by Gasteiger charge is 2.19. The standard InChI is InChI=1S/C12H14N2O5S/c1-8-2-3-9(7-13)6-11(8)20(18,19)14-5-4-10(15)12(16)17/h2-3,6,10,14-15H,4-5H2,1H3,(H,16,17). The van der Waals surface area contributed by atoms with Crippen LogP contribution in [-0.2, 0) is 14.8 Å². The van der Waals surface area contributed by atoms with E-state index in [4.69, 9.17) is 15.5 Å². The number of nitrogens with zero attached hydrogens (tertiary/aromatic N) is 1. The van der Waals surface area contributed by atoms with Gasteiger partial charge in [-0.2, -0.15) is 5.26 Å². The molecular weight excluding hydrogens is 284 g/mol. The molecule has 0 amide bonds. The topological polar surface area (TPSA) is 127 Å². The lowest BCUT2D eigenvalue weighted by Gasteiger charge is -2.10. The number of aliphatic hydroxyl groups is 1. The third kappa shape index (κ3) is 4.03. The van der Waals surface area contributed by atoms with Crippen LogP contribution in [0.4, 0.5) is 0 Å². The van der Waals surface area contributed by atoms with E-state index in [-0.39, 0.29) is 23.4 Å². The van der Waals surface area contributed by atoms with Crippen molar-refractivity contribution in [3.63, 3.8) is 0 Å². The van der Waals surface area contributed by atoms with Crippen LogP contribution in [0.1, 0.15) is 17.5 Å². The summed E-state index contributed by atoms with van der Waals surface area (Å²) in [6.07, 6.45) is -1.87. The average molecular weight is 298 g/mol. The molecule has 7 nitrogen and oxygen atoms in total. The fourth-order valence-electron chi connectivity index (χ4n) is 1.49. The summed E-state index contributed by atoms with van der Waals surface area (Å²) in [5.74, 6) is -1.41. The van der Waals surface area contributed by atoms with Gasteiger partial charge in [-0.3, -0.25) is 0 Å². The Hall–Kier alpha value is -1.95. The second kappa shape index (κ2) is 6.47. The summed E-state index contributed by atoms with van der Waals surface area (Å²) >= 11 is 0. The van der Waals surface area contributed by atoms with Crippen molar-refractivity contribution in [2.75, 3.05) is 6.54 Å². The maximum Gasteiger partial charge on any atom is 0.332 e. The number of aliphatic hydroxyl groups excluding tert-OH is 1. The van der Waals surface area contributed by atoms with Crippen LogP contribution >= 0.6 is 0 Å². The number of nitrogens with one attached hydrogen (secondary N) is 1. The van der Waals surface area contributed by atoms with E-state index in [1.807, 2.05) is 6.07 Å². The molecule has 1 unspecified atom stereocenters. The number of rotatable bonds is 6. The first kappa shape index (κ1) is 16.1. The molecule has 0 aliphatic carbocycles. The number of nitriles is 1. The maximum atomic E-state index is 12.0. The summed E-state index contributed by atoms with van der Waals surface area (Å²) in [6.45, 7) is 1.37. The fraction of sp³-hybridized carbons (Fsp3) is 0.333. The molecule has 1 aromatic rings. The van der Waals surface area contributed by atoms with E-state index in [2.05, 4.69) is 4.72 Å². The highest BCUT2D eigenvalue weighted by molar-refractivity contribution is 7.89. The monoisotopic (exact) mass is 298 g/mol. The van der Waals surface area contributed by atoms with Crippen molar-refractivity contribution in [1.82, 2.24) is 4.72 Å². The molecule has 1 aromatic carbocycles. The molecule has 0 spiro atoms. The number of carboxylic acid groups (broad SMARTS) is 1. The molecule has 0 saturated heterocycles. The van der Waals surface area contributed by atoms with E-state index in [9.17, 15) is 13.2 Å². The van der Waals surface area contributed by atoms with Crippen LogP contribution in [0.3, 0.4) is 0 Å². The lowest BCUT2D eigenvalue weighted by Crippen LogP contribution is -2.30.